The Bertz CT molecular complexity index is 666. The number of rotatable bonds is 5. The van der Waals surface area contributed by atoms with Crippen LogP contribution in [0.1, 0.15) is 30.3 Å². The molecule has 1 heterocycles. The molecule has 0 radical (unpaired) electrons. The monoisotopic (exact) mass is 302 g/mol. The van der Waals surface area contributed by atoms with Gasteiger partial charge in [-0.05, 0) is 42.5 Å². The first kappa shape index (κ1) is 14.0. The van der Waals surface area contributed by atoms with Crippen LogP contribution in [-0.4, -0.2) is 22.6 Å². The standard InChI is InChI=1S/C16H15ClN2O2/c1-10(20)15-8-14(12-4-6-13(17)7-5-12)16(19-18-15)21-9-11-2-3-11/h4-8,11H,2-3,9H2,1H3. The average molecular weight is 303 g/mol. The molecule has 108 valence electrons. The van der Waals surface area contributed by atoms with Crippen LogP contribution < -0.4 is 4.74 Å². The van der Waals surface area contributed by atoms with Gasteiger partial charge in [0.2, 0.25) is 5.88 Å². The Hall–Kier alpha value is -1.94. The topological polar surface area (TPSA) is 52.1 Å². The van der Waals surface area contributed by atoms with Crippen molar-refractivity contribution in [1.29, 1.82) is 0 Å². The van der Waals surface area contributed by atoms with E-state index in [2.05, 4.69) is 10.2 Å². The number of hydrogen-bond acceptors (Lipinski definition) is 4. The summed E-state index contributed by atoms with van der Waals surface area (Å²) in [5.41, 5.74) is 2.01. The van der Waals surface area contributed by atoms with Gasteiger partial charge in [0.25, 0.3) is 0 Å². The summed E-state index contributed by atoms with van der Waals surface area (Å²) < 4.78 is 5.76. The Balaban J connectivity index is 1.97. The van der Waals surface area contributed by atoms with Crippen molar-refractivity contribution >= 4 is 17.4 Å². The Labute approximate surface area is 128 Å². The highest BCUT2D eigenvalue weighted by atomic mass is 35.5. The van der Waals surface area contributed by atoms with E-state index in [0.717, 1.165) is 11.1 Å². The molecule has 0 spiro atoms. The number of benzene rings is 1. The summed E-state index contributed by atoms with van der Waals surface area (Å²) >= 11 is 5.92. The highest BCUT2D eigenvalue weighted by Crippen LogP contribution is 2.33. The van der Waals surface area contributed by atoms with Crippen LogP contribution in [0.25, 0.3) is 11.1 Å². The molecule has 0 aliphatic heterocycles. The fourth-order valence-corrected chi connectivity index (χ4v) is 2.10. The molecule has 1 aromatic heterocycles. The van der Waals surface area contributed by atoms with Gasteiger partial charge in [-0.25, -0.2) is 0 Å². The molecule has 1 aliphatic carbocycles. The first-order chi connectivity index (χ1) is 10.1. The SMILES string of the molecule is CC(=O)c1cc(-c2ccc(Cl)cc2)c(OCC2CC2)nn1. The van der Waals surface area contributed by atoms with Crippen LogP contribution in [0, 0.1) is 5.92 Å². The fourth-order valence-electron chi connectivity index (χ4n) is 1.98. The highest BCUT2D eigenvalue weighted by molar-refractivity contribution is 6.30. The predicted molar refractivity (Wildman–Crippen MR) is 80.7 cm³/mol. The van der Waals surface area contributed by atoms with E-state index in [-0.39, 0.29) is 5.78 Å². The van der Waals surface area contributed by atoms with Crippen molar-refractivity contribution in [2.75, 3.05) is 6.61 Å². The summed E-state index contributed by atoms with van der Waals surface area (Å²) in [6.45, 7) is 2.12. The van der Waals surface area contributed by atoms with Gasteiger partial charge in [-0.1, -0.05) is 23.7 Å². The zero-order valence-electron chi connectivity index (χ0n) is 11.7. The van der Waals surface area contributed by atoms with Crippen molar-refractivity contribution in [1.82, 2.24) is 10.2 Å². The Kier molecular flexibility index (Phi) is 3.88. The van der Waals surface area contributed by atoms with Crippen LogP contribution in [0.4, 0.5) is 0 Å². The van der Waals surface area contributed by atoms with Crippen LogP contribution in [-0.2, 0) is 0 Å². The van der Waals surface area contributed by atoms with E-state index in [4.69, 9.17) is 16.3 Å². The summed E-state index contributed by atoms with van der Waals surface area (Å²) in [5, 5.41) is 8.66. The van der Waals surface area contributed by atoms with Crippen molar-refractivity contribution in [3.05, 3.63) is 41.0 Å². The van der Waals surface area contributed by atoms with Crippen molar-refractivity contribution in [3.8, 4) is 17.0 Å². The quantitative estimate of drug-likeness (QED) is 0.789. The number of halogens is 1. The second kappa shape index (κ2) is 5.82. The zero-order chi connectivity index (χ0) is 14.8. The maximum atomic E-state index is 11.5. The van der Waals surface area contributed by atoms with Gasteiger partial charge >= 0.3 is 0 Å². The number of nitrogens with zero attached hydrogens (tertiary/aromatic N) is 2. The molecule has 0 bridgehead atoms. The number of aromatic nitrogens is 2. The molecule has 21 heavy (non-hydrogen) atoms. The maximum Gasteiger partial charge on any atom is 0.241 e. The Morgan fingerprint density at radius 2 is 2.00 bits per heavy atom. The molecule has 1 aromatic carbocycles. The van der Waals surface area contributed by atoms with Gasteiger partial charge in [0.05, 0.1) is 6.61 Å². The first-order valence-corrected chi connectivity index (χ1v) is 7.28. The molecular formula is C16H15ClN2O2. The predicted octanol–water partition coefficient (Wildman–Crippen LogP) is 3.79. The molecule has 0 saturated heterocycles. The minimum atomic E-state index is -0.119. The number of Topliss-reactive ketones (excluding diaryl/α,β-unsaturated/α-hetero) is 1. The second-order valence-corrected chi connectivity index (χ2v) is 5.70. The van der Waals surface area contributed by atoms with Crippen molar-refractivity contribution in [3.63, 3.8) is 0 Å². The summed E-state index contributed by atoms with van der Waals surface area (Å²) in [6.07, 6.45) is 2.41. The molecule has 1 fully saturated rings. The number of carbonyl (C=O) groups is 1. The lowest BCUT2D eigenvalue weighted by Gasteiger charge is -2.10. The molecule has 0 N–H and O–H groups in total. The minimum absolute atomic E-state index is 0.119. The second-order valence-electron chi connectivity index (χ2n) is 5.27. The molecule has 1 aliphatic rings. The van der Waals surface area contributed by atoms with Gasteiger partial charge in [0.1, 0.15) is 5.69 Å². The third-order valence-electron chi connectivity index (χ3n) is 3.43. The van der Waals surface area contributed by atoms with Gasteiger partial charge in [-0.3, -0.25) is 4.79 Å². The summed E-state index contributed by atoms with van der Waals surface area (Å²) in [4.78, 5) is 11.5. The minimum Gasteiger partial charge on any atom is -0.476 e. The van der Waals surface area contributed by atoms with E-state index in [9.17, 15) is 4.79 Å². The van der Waals surface area contributed by atoms with Gasteiger partial charge in [0, 0.05) is 17.5 Å². The Morgan fingerprint density at radius 1 is 1.29 bits per heavy atom. The van der Waals surface area contributed by atoms with E-state index in [0.29, 0.717) is 29.1 Å². The van der Waals surface area contributed by atoms with Crippen LogP contribution in [0.2, 0.25) is 5.02 Å². The lowest BCUT2D eigenvalue weighted by atomic mass is 10.1. The fraction of sp³-hybridized carbons (Fsp3) is 0.312. The number of ketones is 1. The third-order valence-corrected chi connectivity index (χ3v) is 3.68. The van der Waals surface area contributed by atoms with E-state index in [1.165, 1.54) is 19.8 Å². The maximum absolute atomic E-state index is 11.5. The van der Waals surface area contributed by atoms with E-state index < -0.39 is 0 Å². The van der Waals surface area contributed by atoms with Crippen LogP contribution in [0.5, 0.6) is 5.88 Å². The summed E-state index contributed by atoms with van der Waals surface area (Å²) in [7, 11) is 0. The van der Waals surface area contributed by atoms with Gasteiger partial charge in [-0.15, -0.1) is 10.2 Å². The molecule has 0 unspecified atom stereocenters. The highest BCUT2D eigenvalue weighted by Gasteiger charge is 2.23. The summed E-state index contributed by atoms with van der Waals surface area (Å²) in [5.74, 6) is 0.970. The number of carbonyl (C=O) groups excluding carboxylic acids is 1. The van der Waals surface area contributed by atoms with Gasteiger partial charge in [0.15, 0.2) is 5.78 Å². The van der Waals surface area contributed by atoms with Gasteiger partial charge in [-0.2, -0.15) is 0 Å². The zero-order valence-corrected chi connectivity index (χ0v) is 12.4. The molecule has 2 aromatic rings. The van der Waals surface area contributed by atoms with Crippen LogP contribution in [0.3, 0.4) is 0 Å². The van der Waals surface area contributed by atoms with Gasteiger partial charge < -0.3 is 4.74 Å². The average Bonchev–Trinajstić information content (AvgIpc) is 3.30. The van der Waals surface area contributed by atoms with E-state index >= 15 is 0 Å². The largest absolute Gasteiger partial charge is 0.476 e. The smallest absolute Gasteiger partial charge is 0.241 e. The number of ether oxygens (including phenoxy) is 1. The lowest BCUT2D eigenvalue weighted by molar-refractivity contribution is 0.101. The van der Waals surface area contributed by atoms with Crippen molar-refractivity contribution in [2.45, 2.75) is 19.8 Å². The lowest BCUT2D eigenvalue weighted by Crippen LogP contribution is -2.06. The van der Waals surface area contributed by atoms with E-state index in [1.54, 1.807) is 18.2 Å². The van der Waals surface area contributed by atoms with Crippen molar-refractivity contribution in [2.24, 2.45) is 5.92 Å². The molecule has 0 atom stereocenters. The molecule has 3 rings (SSSR count). The Morgan fingerprint density at radius 3 is 2.62 bits per heavy atom. The molecule has 1 saturated carbocycles. The molecule has 5 heteroatoms. The molecular weight excluding hydrogens is 288 g/mol. The molecule has 4 nitrogen and oxygen atoms in total. The first-order valence-electron chi connectivity index (χ1n) is 6.91. The van der Waals surface area contributed by atoms with E-state index in [1.807, 2.05) is 12.1 Å². The van der Waals surface area contributed by atoms with Crippen LogP contribution >= 0.6 is 11.6 Å². The van der Waals surface area contributed by atoms with Crippen LogP contribution in [0.15, 0.2) is 30.3 Å². The normalized spacial score (nSPS) is 14.0. The number of hydrogen-bond donors (Lipinski definition) is 0. The summed E-state index contributed by atoms with van der Waals surface area (Å²) in [6, 6.07) is 9.09. The molecule has 0 amide bonds. The third kappa shape index (κ3) is 3.39. The van der Waals surface area contributed by atoms with Crippen molar-refractivity contribution < 1.29 is 9.53 Å².